The van der Waals surface area contributed by atoms with Gasteiger partial charge in [-0.3, -0.25) is 0 Å². The summed E-state index contributed by atoms with van der Waals surface area (Å²) in [4.78, 5) is 10.2. The highest BCUT2D eigenvalue weighted by molar-refractivity contribution is 6.58. The maximum Gasteiger partial charge on any atom is 0.491 e. The summed E-state index contributed by atoms with van der Waals surface area (Å²) in [5.74, 6) is 0.569. The van der Waals surface area contributed by atoms with Crippen molar-refractivity contribution in [3.63, 3.8) is 0 Å². The summed E-state index contributed by atoms with van der Waals surface area (Å²) in [6.07, 6.45) is 4.39. The molecular weight excluding hydrogens is 231 g/mol. The lowest BCUT2D eigenvalue weighted by molar-refractivity contribution is 0.335. The lowest BCUT2D eigenvalue weighted by Gasteiger charge is -2.34. The monoisotopic (exact) mass is 246 g/mol. The first-order valence-electron chi connectivity index (χ1n) is 5.88. The smallest absolute Gasteiger partial charge is 0.423 e. The van der Waals surface area contributed by atoms with Crippen LogP contribution in [-0.4, -0.2) is 40.2 Å². The number of hydrogen-bond acceptors (Lipinski definition) is 6. The molecule has 6 nitrogen and oxygen atoms in total. The molecule has 1 saturated heterocycles. The van der Waals surface area contributed by atoms with Crippen molar-refractivity contribution in [2.24, 2.45) is 5.41 Å². The van der Waals surface area contributed by atoms with Gasteiger partial charge in [-0.1, -0.05) is 0 Å². The molecule has 1 aliphatic heterocycles. The van der Waals surface area contributed by atoms with Gasteiger partial charge in [0.1, 0.15) is 0 Å². The summed E-state index contributed by atoms with van der Waals surface area (Å²) < 4.78 is 0. The van der Waals surface area contributed by atoms with E-state index in [0.717, 1.165) is 25.9 Å². The highest BCUT2D eigenvalue weighted by Crippen LogP contribution is 2.30. The second-order valence-corrected chi connectivity index (χ2v) is 4.85. The van der Waals surface area contributed by atoms with E-state index in [-0.39, 0.29) is 10.9 Å². The van der Waals surface area contributed by atoms with E-state index in [0.29, 0.717) is 5.95 Å². The Labute approximate surface area is 106 Å². The molecule has 1 aromatic heterocycles. The standard InChI is InChI=1S/C11H15BN4O2/c1-11(8-13)2-4-16(5-3-11)10-14-6-9(7-15-10)12(17)18/h6-7,17-18H,2-5H2,1H3. The molecule has 0 unspecified atom stereocenters. The zero-order valence-corrected chi connectivity index (χ0v) is 10.2. The first-order chi connectivity index (χ1) is 8.54. The van der Waals surface area contributed by atoms with Gasteiger partial charge in [-0.15, -0.1) is 0 Å². The van der Waals surface area contributed by atoms with Gasteiger partial charge in [0.2, 0.25) is 5.95 Å². The SMILES string of the molecule is CC1(C#N)CCN(c2ncc(B(O)O)cn2)CC1. The Morgan fingerprint density at radius 3 is 2.33 bits per heavy atom. The zero-order valence-electron chi connectivity index (χ0n) is 10.2. The van der Waals surface area contributed by atoms with Crippen molar-refractivity contribution in [1.29, 1.82) is 5.26 Å². The lowest BCUT2D eigenvalue weighted by atomic mass is 9.82. The third-order valence-corrected chi connectivity index (χ3v) is 3.38. The summed E-state index contributed by atoms with van der Waals surface area (Å²) in [7, 11) is -1.54. The number of nitrogens with zero attached hydrogens (tertiary/aromatic N) is 4. The van der Waals surface area contributed by atoms with E-state index in [1.165, 1.54) is 12.4 Å². The van der Waals surface area contributed by atoms with E-state index in [9.17, 15) is 0 Å². The van der Waals surface area contributed by atoms with E-state index >= 15 is 0 Å². The first-order valence-corrected chi connectivity index (χ1v) is 5.88. The van der Waals surface area contributed by atoms with Crippen molar-refractivity contribution >= 4 is 18.5 Å². The number of aromatic nitrogens is 2. The second-order valence-electron chi connectivity index (χ2n) is 4.85. The maximum absolute atomic E-state index is 9.05. The van der Waals surface area contributed by atoms with E-state index in [2.05, 4.69) is 16.0 Å². The van der Waals surface area contributed by atoms with Crippen LogP contribution in [0.4, 0.5) is 5.95 Å². The Hall–Kier alpha value is -1.65. The average molecular weight is 246 g/mol. The first kappa shape index (κ1) is 12.8. The zero-order chi connectivity index (χ0) is 13.2. The van der Waals surface area contributed by atoms with Crippen molar-refractivity contribution in [3.8, 4) is 6.07 Å². The van der Waals surface area contributed by atoms with Crippen molar-refractivity contribution in [3.05, 3.63) is 12.4 Å². The predicted molar refractivity (Wildman–Crippen MR) is 67.0 cm³/mol. The Bertz CT molecular complexity index is 449. The molecule has 1 fully saturated rings. The third-order valence-electron chi connectivity index (χ3n) is 3.38. The molecule has 0 saturated carbocycles. The highest BCUT2D eigenvalue weighted by Gasteiger charge is 2.30. The minimum atomic E-state index is -1.54. The number of hydrogen-bond donors (Lipinski definition) is 2. The topological polar surface area (TPSA) is 93.3 Å². The van der Waals surface area contributed by atoms with Crippen LogP contribution >= 0.6 is 0 Å². The number of anilines is 1. The van der Waals surface area contributed by atoms with E-state index in [4.69, 9.17) is 15.3 Å². The summed E-state index contributed by atoms with van der Waals surface area (Å²) in [6, 6.07) is 2.34. The molecule has 0 bridgehead atoms. The molecule has 2 N–H and O–H groups in total. The molecule has 1 aliphatic rings. The number of piperidine rings is 1. The van der Waals surface area contributed by atoms with E-state index < -0.39 is 7.12 Å². The van der Waals surface area contributed by atoms with Crippen LogP contribution in [0.1, 0.15) is 19.8 Å². The molecule has 18 heavy (non-hydrogen) atoms. The van der Waals surface area contributed by atoms with Crippen LogP contribution in [-0.2, 0) is 0 Å². The Kier molecular flexibility index (Phi) is 3.50. The van der Waals surface area contributed by atoms with Gasteiger partial charge in [-0.25, -0.2) is 9.97 Å². The molecule has 1 aromatic rings. The molecule has 0 amide bonds. The van der Waals surface area contributed by atoms with Crippen molar-refractivity contribution in [2.45, 2.75) is 19.8 Å². The summed E-state index contributed by atoms with van der Waals surface area (Å²) >= 11 is 0. The normalized spacial score (nSPS) is 18.2. The third kappa shape index (κ3) is 2.60. The van der Waals surface area contributed by atoms with Gasteiger partial charge < -0.3 is 14.9 Å². The van der Waals surface area contributed by atoms with Gasteiger partial charge >= 0.3 is 7.12 Å². The number of rotatable bonds is 2. The molecule has 0 radical (unpaired) electrons. The fourth-order valence-corrected chi connectivity index (χ4v) is 1.94. The molecule has 7 heteroatoms. The van der Waals surface area contributed by atoms with Crippen molar-refractivity contribution in [1.82, 2.24) is 9.97 Å². The highest BCUT2D eigenvalue weighted by atomic mass is 16.4. The van der Waals surface area contributed by atoms with Crippen molar-refractivity contribution in [2.75, 3.05) is 18.0 Å². The van der Waals surface area contributed by atoms with Crippen LogP contribution < -0.4 is 10.4 Å². The molecule has 0 aliphatic carbocycles. The summed E-state index contributed by atoms with van der Waals surface area (Å²) in [5.41, 5.74) is 0.0233. The quantitative estimate of drug-likeness (QED) is 0.669. The van der Waals surface area contributed by atoms with Crippen LogP contribution in [0.5, 0.6) is 0 Å². The van der Waals surface area contributed by atoms with Crippen LogP contribution in [0.3, 0.4) is 0 Å². The maximum atomic E-state index is 9.05. The van der Waals surface area contributed by atoms with Gasteiger partial charge in [0, 0.05) is 30.9 Å². The molecule has 2 rings (SSSR count). The Balaban J connectivity index is 2.04. The molecule has 0 atom stereocenters. The van der Waals surface area contributed by atoms with Crippen LogP contribution in [0.2, 0.25) is 0 Å². The fourth-order valence-electron chi connectivity index (χ4n) is 1.94. The minimum absolute atomic E-state index is 0.252. The predicted octanol–water partition coefficient (Wildman–Crippen LogP) is -0.714. The van der Waals surface area contributed by atoms with E-state index in [1.807, 2.05) is 11.8 Å². The number of nitriles is 1. The molecule has 0 aromatic carbocycles. The Morgan fingerprint density at radius 1 is 1.33 bits per heavy atom. The van der Waals surface area contributed by atoms with Gasteiger partial charge in [0.25, 0.3) is 0 Å². The second kappa shape index (κ2) is 4.92. The molecule has 0 spiro atoms. The van der Waals surface area contributed by atoms with Crippen molar-refractivity contribution < 1.29 is 10.0 Å². The van der Waals surface area contributed by atoms with Gasteiger partial charge in [0.05, 0.1) is 11.5 Å². The summed E-state index contributed by atoms with van der Waals surface area (Å²) in [5, 5.41) is 27.0. The average Bonchev–Trinajstić information content (AvgIpc) is 2.40. The molecule has 94 valence electrons. The minimum Gasteiger partial charge on any atom is -0.423 e. The van der Waals surface area contributed by atoms with Crippen LogP contribution in [0.25, 0.3) is 0 Å². The van der Waals surface area contributed by atoms with Crippen LogP contribution in [0, 0.1) is 16.7 Å². The van der Waals surface area contributed by atoms with Gasteiger partial charge in [-0.05, 0) is 19.8 Å². The molecule has 2 heterocycles. The van der Waals surface area contributed by atoms with Crippen LogP contribution in [0.15, 0.2) is 12.4 Å². The lowest BCUT2D eigenvalue weighted by Crippen LogP contribution is -2.39. The van der Waals surface area contributed by atoms with E-state index in [1.54, 1.807) is 0 Å². The van der Waals surface area contributed by atoms with Gasteiger partial charge in [0.15, 0.2) is 0 Å². The largest absolute Gasteiger partial charge is 0.491 e. The fraction of sp³-hybridized carbons (Fsp3) is 0.545. The molecular formula is C11H15BN4O2. The Morgan fingerprint density at radius 2 is 1.89 bits per heavy atom. The van der Waals surface area contributed by atoms with Gasteiger partial charge in [-0.2, -0.15) is 5.26 Å². The summed E-state index contributed by atoms with van der Waals surface area (Å²) in [6.45, 7) is 3.45.